The molecule has 108 valence electrons. The summed E-state index contributed by atoms with van der Waals surface area (Å²) in [7, 11) is 0. The molecule has 0 radical (unpaired) electrons. The topological polar surface area (TPSA) is 25.8 Å². The van der Waals surface area contributed by atoms with Crippen molar-refractivity contribution in [2.24, 2.45) is 0 Å². The van der Waals surface area contributed by atoms with Gasteiger partial charge in [-0.25, -0.2) is 0 Å². The van der Waals surface area contributed by atoms with Crippen LogP contribution in [-0.4, -0.2) is 9.97 Å². The van der Waals surface area contributed by atoms with E-state index in [4.69, 9.17) is 0 Å². The molecule has 0 fully saturated rings. The number of rotatable bonds is 1. The van der Waals surface area contributed by atoms with Crippen molar-refractivity contribution in [3.05, 3.63) is 84.7 Å². The molecule has 0 unspecified atom stereocenters. The molecule has 0 bridgehead atoms. The summed E-state index contributed by atoms with van der Waals surface area (Å²) in [6.07, 6.45) is 4.81. The molecule has 0 aliphatic heterocycles. The van der Waals surface area contributed by atoms with Gasteiger partial charge in [0, 0.05) is 23.2 Å². The minimum atomic E-state index is 1.05. The lowest BCUT2D eigenvalue weighted by atomic mass is 10.1. The normalized spacial score (nSPS) is 10.2. The van der Waals surface area contributed by atoms with Gasteiger partial charge >= 0.3 is 0 Å². The lowest BCUT2D eigenvalue weighted by Gasteiger charge is -1.98. The molecule has 0 aliphatic carbocycles. The fourth-order valence-electron chi connectivity index (χ4n) is 2.33. The van der Waals surface area contributed by atoms with E-state index in [9.17, 15) is 0 Å². The fourth-order valence-corrected chi connectivity index (χ4v) is 2.33. The van der Waals surface area contributed by atoms with Gasteiger partial charge in [0.05, 0.1) is 11.0 Å². The Morgan fingerprint density at radius 2 is 1.36 bits per heavy atom. The Kier molecular flexibility index (Phi) is 4.40. The standard InChI is InChI=1S/C11H11N.C9H7N/c1-2-9-7-10-5-3-4-6-11(10)12-8-9;1-2-6-9-8(4-1)5-3-7-10-9/h3-8H,2H2,1H3;1-7H. The van der Waals surface area contributed by atoms with Crippen LogP contribution in [0.15, 0.2) is 79.1 Å². The van der Waals surface area contributed by atoms with Crippen LogP contribution in [0.25, 0.3) is 21.8 Å². The third-order valence-corrected chi connectivity index (χ3v) is 3.57. The van der Waals surface area contributed by atoms with Crippen LogP contribution in [0.1, 0.15) is 12.5 Å². The summed E-state index contributed by atoms with van der Waals surface area (Å²) in [4.78, 5) is 8.53. The Hall–Kier alpha value is -2.74. The van der Waals surface area contributed by atoms with Crippen molar-refractivity contribution < 1.29 is 0 Å². The van der Waals surface area contributed by atoms with Crippen molar-refractivity contribution >= 4 is 21.8 Å². The average Bonchev–Trinajstić information content (AvgIpc) is 2.62. The van der Waals surface area contributed by atoms with Gasteiger partial charge in [-0.1, -0.05) is 49.4 Å². The maximum Gasteiger partial charge on any atom is 0.0702 e. The van der Waals surface area contributed by atoms with E-state index in [1.807, 2.05) is 54.9 Å². The van der Waals surface area contributed by atoms with Gasteiger partial charge in [0.25, 0.3) is 0 Å². The molecule has 2 heteroatoms. The zero-order valence-corrected chi connectivity index (χ0v) is 12.6. The van der Waals surface area contributed by atoms with Crippen LogP contribution in [0.2, 0.25) is 0 Å². The van der Waals surface area contributed by atoms with Gasteiger partial charge in [0.1, 0.15) is 0 Å². The number of nitrogens with zero attached hydrogens (tertiary/aromatic N) is 2. The molecular formula is C20H18N2. The van der Waals surface area contributed by atoms with Crippen LogP contribution >= 0.6 is 0 Å². The average molecular weight is 286 g/mol. The second-order valence-corrected chi connectivity index (χ2v) is 5.09. The molecule has 4 rings (SSSR count). The van der Waals surface area contributed by atoms with E-state index in [0.29, 0.717) is 0 Å². The summed E-state index contributed by atoms with van der Waals surface area (Å²) in [6.45, 7) is 2.14. The molecule has 0 spiro atoms. The first kappa shape index (κ1) is 14.2. The van der Waals surface area contributed by atoms with Gasteiger partial charge in [-0.3, -0.25) is 9.97 Å². The van der Waals surface area contributed by atoms with E-state index in [1.165, 1.54) is 16.3 Å². The van der Waals surface area contributed by atoms with Crippen molar-refractivity contribution in [1.82, 2.24) is 9.97 Å². The second kappa shape index (κ2) is 6.81. The third kappa shape index (κ3) is 3.29. The van der Waals surface area contributed by atoms with Crippen LogP contribution in [0.5, 0.6) is 0 Å². The van der Waals surface area contributed by atoms with Crippen LogP contribution in [0.3, 0.4) is 0 Å². The molecule has 0 N–H and O–H groups in total. The molecule has 0 amide bonds. The minimum Gasteiger partial charge on any atom is -0.256 e. The molecule has 2 aromatic carbocycles. The van der Waals surface area contributed by atoms with Gasteiger partial charge in [-0.15, -0.1) is 0 Å². The Balaban J connectivity index is 0.000000133. The summed E-state index contributed by atoms with van der Waals surface area (Å²) in [5.74, 6) is 0. The zero-order valence-electron chi connectivity index (χ0n) is 12.6. The maximum absolute atomic E-state index is 4.35. The van der Waals surface area contributed by atoms with E-state index in [2.05, 4.69) is 41.2 Å². The molecule has 0 saturated heterocycles. The smallest absolute Gasteiger partial charge is 0.0702 e. The van der Waals surface area contributed by atoms with Crippen LogP contribution in [0, 0.1) is 0 Å². The van der Waals surface area contributed by atoms with Gasteiger partial charge in [0.15, 0.2) is 0 Å². The highest BCUT2D eigenvalue weighted by Gasteiger charge is 1.93. The number of hydrogen-bond acceptors (Lipinski definition) is 2. The SMILES string of the molecule is CCc1cnc2ccccc2c1.c1ccc2ncccc2c1. The Morgan fingerprint density at radius 1 is 0.727 bits per heavy atom. The van der Waals surface area contributed by atoms with E-state index < -0.39 is 0 Å². The number of para-hydroxylation sites is 2. The molecule has 0 aliphatic rings. The van der Waals surface area contributed by atoms with Gasteiger partial charge in [-0.2, -0.15) is 0 Å². The van der Waals surface area contributed by atoms with Crippen molar-refractivity contribution in [2.45, 2.75) is 13.3 Å². The summed E-state index contributed by atoms with van der Waals surface area (Å²) in [5.41, 5.74) is 3.44. The van der Waals surface area contributed by atoms with Crippen LogP contribution in [0.4, 0.5) is 0 Å². The Labute approximate surface area is 130 Å². The molecule has 4 aromatic rings. The molecule has 22 heavy (non-hydrogen) atoms. The number of pyridine rings is 2. The Morgan fingerprint density at radius 3 is 2.09 bits per heavy atom. The van der Waals surface area contributed by atoms with Crippen molar-refractivity contribution in [3.8, 4) is 0 Å². The molecule has 0 atom stereocenters. The van der Waals surface area contributed by atoms with Crippen molar-refractivity contribution in [2.75, 3.05) is 0 Å². The largest absolute Gasteiger partial charge is 0.256 e. The highest BCUT2D eigenvalue weighted by Crippen LogP contribution is 2.12. The Bertz CT molecular complexity index is 819. The zero-order chi connectivity index (χ0) is 15.2. The number of aromatic nitrogens is 2. The minimum absolute atomic E-state index is 1.05. The lowest BCUT2D eigenvalue weighted by Crippen LogP contribution is -1.83. The predicted octanol–water partition coefficient (Wildman–Crippen LogP) is 5.03. The fraction of sp³-hybridized carbons (Fsp3) is 0.100. The molecule has 0 saturated carbocycles. The second-order valence-electron chi connectivity index (χ2n) is 5.09. The monoisotopic (exact) mass is 286 g/mol. The molecule has 2 aromatic heterocycles. The van der Waals surface area contributed by atoms with E-state index >= 15 is 0 Å². The summed E-state index contributed by atoms with van der Waals surface area (Å²) in [5, 5.41) is 2.43. The van der Waals surface area contributed by atoms with E-state index in [0.717, 1.165) is 17.5 Å². The summed E-state index contributed by atoms with van der Waals surface area (Å²) in [6, 6.07) is 22.5. The first-order valence-electron chi connectivity index (χ1n) is 7.50. The maximum atomic E-state index is 4.35. The number of aryl methyl sites for hydroxylation is 1. The highest BCUT2D eigenvalue weighted by atomic mass is 14.6. The number of benzene rings is 2. The van der Waals surface area contributed by atoms with Gasteiger partial charge in [-0.05, 0) is 36.2 Å². The van der Waals surface area contributed by atoms with E-state index in [-0.39, 0.29) is 0 Å². The van der Waals surface area contributed by atoms with Crippen molar-refractivity contribution in [3.63, 3.8) is 0 Å². The van der Waals surface area contributed by atoms with Crippen molar-refractivity contribution in [1.29, 1.82) is 0 Å². The first-order valence-corrected chi connectivity index (χ1v) is 7.50. The highest BCUT2D eigenvalue weighted by molar-refractivity contribution is 5.79. The molecule has 2 nitrogen and oxygen atoms in total. The summed E-state index contributed by atoms with van der Waals surface area (Å²) < 4.78 is 0. The van der Waals surface area contributed by atoms with E-state index in [1.54, 1.807) is 0 Å². The molecular weight excluding hydrogens is 268 g/mol. The quantitative estimate of drug-likeness (QED) is 0.490. The van der Waals surface area contributed by atoms with Crippen LogP contribution < -0.4 is 0 Å². The predicted molar refractivity (Wildman–Crippen MR) is 92.9 cm³/mol. The van der Waals surface area contributed by atoms with Crippen LogP contribution in [-0.2, 0) is 6.42 Å². The first-order chi connectivity index (χ1) is 10.9. The number of fused-ring (bicyclic) bond motifs is 2. The van der Waals surface area contributed by atoms with Gasteiger partial charge in [0.2, 0.25) is 0 Å². The number of hydrogen-bond donors (Lipinski definition) is 0. The third-order valence-electron chi connectivity index (χ3n) is 3.57. The summed E-state index contributed by atoms with van der Waals surface area (Å²) >= 11 is 0. The molecule has 2 heterocycles. The lowest BCUT2D eigenvalue weighted by molar-refractivity contribution is 1.12. The van der Waals surface area contributed by atoms with Gasteiger partial charge < -0.3 is 0 Å².